The number of rotatable bonds is 5. The van der Waals surface area contributed by atoms with Crippen LogP contribution in [-0.4, -0.2) is 49.6 Å². The van der Waals surface area contributed by atoms with E-state index in [9.17, 15) is 8.78 Å². The maximum absolute atomic E-state index is 14.2. The molecule has 0 spiro atoms. The summed E-state index contributed by atoms with van der Waals surface area (Å²) < 4.78 is 33.0. The van der Waals surface area contributed by atoms with Crippen molar-refractivity contribution in [2.45, 2.75) is 38.6 Å². The van der Waals surface area contributed by atoms with Gasteiger partial charge < -0.3 is 9.64 Å². The predicted octanol–water partition coefficient (Wildman–Crippen LogP) is 3.67. The van der Waals surface area contributed by atoms with E-state index in [2.05, 4.69) is 9.80 Å². The number of halogens is 2. The Morgan fingerprint density at radius 1 is 1.04 bits per heavy atom. The van der Waals surface area contributed by atoms with Gasteiger partial charge in [0.1, 0.15) is 5.75 Å². The van der Waals surface area contributed by atoms with E-state index in [1.165, 1.54) is 51.9 Å². The third-order valence-corrected chi connectivity index (χ3v) is 5.32. The van der Waals surface area contributed by atoms with Gasteiger partial charge in [0, 0.05) is 25.2 Å². The lowest BCUT2D eigenvalue weighted by molar-refractivity contribution is 0.116. The van der Waals surface area contributed by atoms with Crippen LogP contribution in [-0.2, 0) is 6.54 Å². The van der Waals surface area contributed by atoms with E-state index in [1.54, 1.807) is 0 Å². The molecule has 134 valence electrons. The summed E-state index contributed by atoms with van der Waals surface area (Å²) in [5.74, 6) is -0.508. The van der Waals surface area contributed by atoms with Crippen LogP contribution in [0.1, 0.15) is 37.7 Å². The van der Waals surface area contributed by atoms with Crippen LogP contribution >= 0.6 is 0 Å². The van der Waals surface area contributed by atoms with E-state index in [-0.39, 0.29) is 0 Å². The zero-order valence-corrected chi connectivity index (χ0v) is 14.6. The molecule has 2 aliphatic heterocycles. The SMILES string of the molecule is COc1ccc(F)c(F)c1CN1CCC[C@@H](CN2CCCCC2)C1. The van der Waals surface area contributed by atoms with Crippen molar-refractivity contribution < 1.29 is 13.5 Å². The normalized spacial score (nSPS) is 23.4. The van der Waals surface area contributed by atoms with Crippen LogP contribution < -0.4 is 4.74 Å². The summed E-state index contributed by atoms with van der Waals surface area (Å²) in [5, 5.41) is 0. The van der Waals surface area contributed by atoms with Crippen molar-refractivity contribution in [2.75, 3.05) is 39.8 Å². The molecule has 2 saturated heterocycles. The van der Waals surface area contributed by atoms with Crippen molar-refractivity contribution in [3.63, 3.8) is 0 Å². The molecule has 0 unspecified atom stereocenters. The quantitative estimate of drug-likeness (QED) is 0.815. The van der Waals surface area contributed by atoms with Crippen molar-refractivity contribution >= 4 is 0 Å². The van der Waals surface area contributed by atoms with Gasteiger partial charge in [0.15, 0.2) is 11.6 Å². The van der Waals surface area contributed by atoms with Crippen LogP contribution in [0, 0.1) is 17.6 Å². The molecule has 1 atom stereocenters. The summed E-state index contributed by atoms with van der Waals surface area (Å²) in [6, 6.07) is 2.65. The fraction of sp³-hybridized carbons (Fsp3) is 0.684. The lowest BCUT2D eigenvalue weighted by atomic mass is 9.96. The molecule has 2 aliphatic rings. The van der Waals surface area contributed by atoms with Gasteiger partial charge >= 0.3 is 0 Å². The highest BCUT2D eigenvalue weighted by Crippen LogP contribution is 2.27. The van der Waals surface area contributed by atoms with Gasteiger partial charge in [-0.1, -0.05) is 6.42 Å². The van der Waals surface area contributed by atoms with Crippen molar-refractivity contribution in [1.82, 2.24) is 9.80 Å². The monoisotopic (exact) mass is 338 g/mol. The summed E-state index contributed by atoms with van der Waals surface area (Å²) >= 11 is 0. The van der Waals surface area contributed by atoms with E-state index in [4.69, 9.17) is 4.74 Å². The smallest absolute Gasteiger partial charge is 0.167 e. The van der Waals surface area contributed by atoms with Crippen molar-refractivity contribution in [3.8, 4) is 5.75 Å². The molecule has 0 aliphatic carbocycles. The molecule has 0 N–H and O–H groups in total. The molecule has 1 aromatic carbocycles. The number of nitrogens with zero attached hydrogens (tertiary/aromatic N) is 2. The number of ether oxygens (including phenoxy) is 1. The molecule has 2 heterocycles. The van der Waals surface area contributed by atoms with Gasteiger partial charge in [-0.25, -0.2) is 8.78 Å². The van der Waals surface area contributed by atoms with Crippen LogP contribution in [0.25, 0.3) is 0 Å². The Morgan fingerprint density at radius 3 is 2.54 bits per heavy atom. The first-order valence-corrected chi connectivity index (χ1v) is 9.13. The molecule has 0 amide bonds. The number of benzene rings is 1. The molecule has 3 nitrogen and oxygen atoms in total. The summed E-state index contributed by atoms with van der Waals surface area (Å²) in [6.45, 7) is 5.87. The van der Waals surface area contributed by atoms with Crippen LogP contribution in [0.4, 0.5) is 8.78 Å². The second-order valence-electron chi connectivity index (χ2n) is 7.15. The van der Waals surface area contributed by atoms with Gasteiger partial charge in [-0.05, 0) is 63.4 Å². The molecule has 0 aromatic heterocycles. The third kappa shape index (κ3) is 4.25. The number of piperidine rings is 2. The summed E-state index contributed by atoms with van der Waals surface area (Å²) in [4.78, 5) is 4.82. The average molecular weight is 338 g/mol. The molecular formula is C19H28F2N2O. The minimum atomic E-state index is -0.798. The van der Waals surface area contributed by atoms with E-state index in [0.717, 1.165) is 32.1 Å². The lowest BCUT2D eigenvalue weighted by Crippen LogP contribution is -2.42. The molecule has 2 fully saturated rings. The van der Waals surface area contributed by atoms with Gasteiger partial charge in [-0.2, -0.15) is 0 Å². The van der Waals surface area contributed by atoms with Crippen molar-refractivity contribution in [2.24, 2.45) is 5.92 Å². The van der Waals surface area contributed by atoms with Crippen molar-refractivity contribution in [1.29, 1.82) is 0 Å². The zero-order chi connectivity index (χ0) is 16.9. The minimum Gasteiger partial charge on any atom is -0.496 e. The van der Waals surface area contributed by atoms with Crippen LogP contribution in [0.5, 0.6) is 5.75 Å². The highest BCUT2D eigenvalue weighted by Gasteiger charge is 2.25. The van der Waals surface area contributed by atoms with E-state index < -0.39 is 11.6 Å². The Labute approximate surface area is 143 Å². The second kappa shape index (κ2) is 8.26. The van der Waals surface area contributed by atoms with Gasteiger partial charge in [0.05, 0.1) is 7.11 Å². The fourth-order valence-electron chi connectivity index (χ4n) is 4.09. The van der Waals surface area contributed by atoms with E-state index in [0.29, 0.717) is 23.8 Å². The van der Waals surface area contributed by atoms with E-state index >= 15 is 0 Å². The summed E-state index contributed by atoms with van der Waals surface area (Å²) in [5.41, 5.74) is 0.344. The first kappa shape index (κ1) is 17.6. The minimum absolute atomic E-state index is 0.344. The zero-order valence-electron chi connectivity index (χ0n) is 14.6. The number of hydrogen-bond acceptors (Lipinski definition) is 3. The maximum Gasteiger partial charge on any atom is 0.167 e. The first-order chi connectivity index (χ1) is 11.7. The van der Waals surface area contributed by atoms with Crippen LogP contribution in [0.15, 0.2) is 12.1 Å². The molecule has 1 aromatic rings. The maximum atomic E-state index is 14.2. The van der Waals surface area contributed by atoms with Gasteiger partial charge in [-0.3, -0.25) is 4.90 Å². The lowest BCUT2D eigenvalue weighted by Gasteiger charge is -2.37. The Bertz CT molecular complexity index is 546. The Balaban J connectivity index is 1.62. The molecule has 3 rings (SSSR count). The number of likely N-dealkylation sites (tertiary alicyclic amines) is 2. The van der Waals surface area contributed by atoms with Gasteiger partial charge in [-0.15, -0.1) is 0 Å². The van der Waals surface area contributed by atoms with Gasteiger partial charge in [0.2, 0.25) is 0 Å². The highest BCUT2D eigenvalue weighted by atomic mass is 19.2. The fourth-order valence-corrected chi connectivity index (χ4v) is 4.09. The standard InChI is InChI=1S/C19H28F2N2O/c1-24-18-8-7-17(20)19(21)16(18)14-23-11-5-6-15(13-23)12-22-9-3-2-4-10-22/h7-8,15H,2-6,9-14H2,1H3/t15-/m0/s1. The molecule has 5 heteroatoms. The second-order valence-corrected chi connectivity index (χ2v) is 7.15. The average Bonchev–Trinajstić information content (AvgIpc) is 2.60. The first-order valence-electron chi connectivity index (χ1n) is 9.13. The van der Waals surface area contributed by atoms with Crippen LogP contribution in [0.3, 0.4) is 0 Å². The Hall–Kier alpha value is -1.20. The van der Waals surface area contributed by atoms with E-state index in [1.807, 2.05) is 0 Å². The summed E-state index contributed by atoms with van der Waals surface area (Å²) in [6.07, 6.45) is 6.32. The highest BCUT2D eigenvalue weighted by molar-refractivity contribution is 5.35. The largest absolute Gasteiger partial charge is 0.496 e. The van der Waals surface area contributed by atoms with Gasteiger partial charge in [0.25, 0.3) is 0 Å². The molecular weight excluding hydrogens is 310 g/mol. The topological polar surface area (TPSA) is 15.7 Å². The third-order valence-electron chi connectivity index (χ3n) is 5.32. The molecule has 0 radical (unpaired) electrons. The molecule has 0 saturated carbocycles. The molecule has 24 heavy (non-hydrogen) atoms. The predicted molar refractivity (Wildman–Crippen MR) is 91.2 cm³/mol. The Kier molecular flexibility index (Phi) is 6.06. The number of hydrogen-bond donors (Lipinski definition) is 0. The molecule has 0 bridgehead atoms. The number of methoxy groups -OCH3 is 1. The van der Waals surface area contributed by atoms with Crippen molar-refractivity contribution in [3.05, 3.63) is 29.3 Å². The summed E-state index contributed by atoms with van der Waals surface area (Å²) in [7, 11) is 1.51. The Morgan fingerprint density at radius 2 is 1.79 bits per heavy atom. The van der Waals surface area contributed by atoms with Crippen LogP contribution in [0.2, 0.25) is 0 Å².